The first-order chi connectivity index (χ1) is 4.34. The fourth-order valence-corrected chi connectivity index (χ4v) is 1.34. The van der Waals surface area contributed by atoms with Crippen molar-refractivity contribution in [1.82, 2.24) is 5.32 Å². The molecule has 0 spiro atoms. The molecule has 0 amide bonds. The van der Waals surface area contributed by atoms with Crippen LogP contribution in [0.15, 0.2) is 0 Å². The molecule has 0 aromatic heterocycles. The van der Waals surface area contributed by atoms with E-state index < -0.39 is 0 Å². The van der Waals surface area contributed by atoms with E-state index in [2.05, 4.69) is 12.2 Å². The van der Waals surface area contributed by atoms with Crippen molar-refractivity contribution in [2.45, 2.75) is 19.4 Å². The Morgan fingerprint density at radius 2 is 2.20 bits per heavy atom. The van der Waals surface area contributed by atoms with E-state index in [-0.39, 0.29) is 12.4 Å². The number of ether oxygens (including phenoxy) is 1. The van der Waals surface area contributed by atoms with Crippen LogP contribution in [0.5, 0.6) is 0 Å². The Morgan fingerprint density at radius 3 is 2.60 bits per heavy atom. The van der Waals surface area contributed by atoms with Crippen LogP contribution in [0.2, 0.25) is 0 Å². The van der Waals surface area contributed by atoms with Crippen molar-refractivity contribution < 1.29 is 4.74 Å². The normalized spacial score (nSPS) is 33.0. The highest BCUT2D eigenvalue weighted by atomic mass is 35.5. The molecule has 1 N–H and O–H groups in total. The molecule has 1 heterocycles. The van der Waals surface area contributed by atoms with Gasteiger partial charge >= 0.3 is 0 Å². The molecule has 2 atom stereocenters. The van der Waals surface area contributed by atoms with Gasteiger partial charge in [0.2, 0.25) is 0 Å². The first kappa shape index (κ1) is 10.2. The van der Waals surface area contributed by atoms with Crippen molar-refractivity contribution in [3.05, 3.63) is 0 Å². The molecule has 0 radical (unpaired) electrons. The molecule has 0 bridgehead atoms. The summed E-state index contributed by atoms with van der Waals surface area (Å²) in [5.74, 6) is 0.684. The van der Waals surface area contributed by atoms with Gasteiger partial charge in [0.15, 0.2) is 0 Å². The van der Waals surface area contributed by atoms with Gasteiger partial charge in [-0.15, -0.1) is 12.4 Å². The number of nitrogens with one attached hydrogen (secondary N) is 1. The lowest BCUT2D eigenvalue weighted by Crippen LogP contribution is -2.39. The van der Waals surface area contributed by atoms with E-state index in [9.17, 15) is 0 Å². The molecule has 1 saturated heterocycles. The first-order valence-electron chi connectivity index (χ1n) is 3.58. The molecule has 3 heteroatoms. The molecule has 0 aromatic rings. The van der Waals surface area contributed by atoms with Gasteiger partial charge in [-0.1, -0.05) is 6.92 Å². The summed E-state index contributed by atoms with van der Waals surface area (Å²) >= 11 is 0. The number of halogens is 1. The SMILES string of the molecule is COC1CCNCC1C.Cl. The quantitative estimate of drug-likeness (QED) is 0.628. The average molecular weight is 166 g/mol. The summed E-state index contributed by atoms with van der Waals surface area (Å²) in [5.41, 5.74) is 0. The monoisotopic (exact) mass is 165 g/mol. The van der Waals surface area contributed by atoms with Crippen molar-refractivity contribution in [3.63, 3.8) is 0 Å². The van der Waals surface area contributed by atoms with E-state index in [1.165, 1.54) is 0 Å². The van der Waals surface area contributed by atoms with Gasteiger partial charge in [0.1, 0.15) is 0 Å². The number of piperidine rings is 1. The number of rotatable bonds is 1. The van der Waals surface area contributed by atoms with Crippen LogP contribution in [0.3, 0.4) is 0 Å². The lowest BCUT2D eigenvalue weighted by molar-refractivity contribution is 0.0380. The van der Waals surface area contributed by atoms with Crippen LogP contribution in [0.1, 0.15) is 13.3 Å². The predicted molar refractivity (Wildman–Crippen MR) is 44.7 cm³/mol. The van der Waals surface area contributed by atoms with Gasteiger partial charge in [-0.2, -0.15) is 0 Å². The topological polar surface area (TPSA) is 21.3 Å². The van der Waals surface area contributed by atoms with Gasteiger partial charge in [0, 0.05) is 13.7 Å². The van der Waals surface area contributed by atoms with Gasteiger partial charge < -0.3 is 10.1 Å². The maximum atomic E-state index is 5.26. The minimum absolute atomic E-state index is 0. The number of methoxy groups -OCH3 is 1. The molecule has 0 aliphatic carbocycles. The summed E-state index contributed by atoms with van der Waals surface area (Å²) in [6.45, 7) is 4.45. The van der Waals surface area contributed by atoms with Gasteiger partial charge in [-0.05, 0) is 18.9 Å². The zero-order valence-corrected chi connectivity index (χ0v) is 7.41. The molecule has 0 saturated carbocycles. The second-order valence-corrected chi connectivity index (χ2v) is 2.74. The Labute approximate surface area is 68.7 Å². The van der Waals surface area contributed by atoms with Gasteiger partial charge in [0.25, 0.3) is 0 Å². The van der Waals surface area contributed by atoms with Gasteiger partial charge in [-0.3, -0.25) is 0 Å². The van der Waals surface area contributed by atoms with Crippen molar-refractivity contribution in [3.8, 4) is 0 Å². The highest BCUT2D eigenvalue weighted by Crippen LogP contribution is 2.12. The third-order valence-corrected chi connectivity index (χ3v) is 2.01. The number of hydrogen-bond donors (Lipinski definition) is 1. The molecule has 10 heavy (non-hydrogen) atoms. The molecule has 62 valence electrons. The molecule has 2 unspecified atom stereocenters. The van der Waals surface area contributed by atoms with E-state index in [0.29, 0.717) is 12.0 Å². The lowest BCUT2D eigenvalue weighted by Gasteiger charge is -2.27. The van der Waals surface area contributed by atoms with E-state index in [1.807, 2.05) is 0 Å². The van der Waals surface area contributed by atoms with E-state index in [4.69, 9.17) is 4.74 Å². The van der Waals surface area contributed by atoms with Crippen LogP contribution in [0.4, 0.5) is 0 Å². The summed E-state index contributed by atoms with van der Waals surface area (Å²) in [4.78, 5) is 0. The summed E-state index contributed by atoms with van der Waals surface area (Å²) in [6.07, 6.45) is 1.66. The highest BCUT2D eigenvalue weighted by molar-refractivity contribution is 5.85. The highest BCUT2D eigenvalue weighted by Gasteiger charge is 2.19. The summed E-state index contributed by atoms with van der Waals surface area (Å²) in [7, 11) is 1.80. The standard InChI is InChI=1S/C7H15NO.ClH/c1-6-5-8-4-3-7(6)9-2;/h6-8H,3-5H2,1-2H3;1H. The Hall–Kier alpha value is 0.210. The molecule has 1 aliphatic heterocycles. The molecular formula is C7H16ClNO. The molecular weight excluding hydrogens is 150 g/mol. The molecule has 2 nitrogen and oxygen atoms in total. The minimum atomic E-state index is 0. The number of hydrogen-bond acceptors (Lipinski definition) is 2. The molecule has 1 aliphatic rings. The molecule has 1 rings (SSSR count). The van der Waals surface area contributed by atoms with E-state index >= 15 is 0 Å². The van der Waals surface area contributed by atoms with Crippen LogP contribution in [-0.4, -0.2) is 26.3 Å². The van der Waals surface area contributed by atoms with Crippen LogP contribution >= 0.6 is 12.4 Å². The summed E-state index contributed by atoms with van der Waals surface area (Å²) in [6, 6.07) is 0. The fourth-order valence-electron chi connectivity index (χ4n) is 1.34. The molecule has 1 fully saturated rings. The van der Waals surface area contributed by atoms with E-state index in [0.717, 1.165) is 19.5 Å². The van der Waals surface area contributed by atoms with Gasteiger partial charge in [0.05, 0.1) is 6.10 Å². The average Bonchev–Trinajstić information content (AvgIpc) is 1.89. The summed E-state index contributed by atoms with van der Waals surface area (Å²) < 4.78 is 5.26. The lowest BCUT2D eigenvalue weighted by atomic mass is 9.98. The third kappa shape index (κ3) is 2.45. The molecule has 0 aromatic carbocycles. The van der Waals surface area contributed by atoms with Crippen LogP contribution < -0.4 is 5.32 Å². The minimum Gasteiger partial charge on any atom is -0.381 e. The summed E-state index contributed by atoms with van der Waals surface area (Å²) in [5, 5.41) is 3.32. The second-order valence-electron chi connectivity index (χ2n) is 2.74. The fraction of sp³-hybridized carbons (Fsp3) is 1.00. The van der Waals surface area contributed by atoms with E-state index in [1.54, 1.807) is 7.11 Å². The van der Waals surface area contributed by atoms with Crippen LogP contribution in [-0.2, 0) is 4.74 Å². The maximum Gasteiger partial charge on any atom is 0.0621 e. The van der Waals surface area contributed by atoms with Crippen molar-refractivity contribution >= 4 is 12.4 Å². The van der Waals surface area contributed by atoms with Crippen LogP contribution in [0.25, 0.3) is 0 Å². The van der Waals surface area contributed by atoms with Crippen molar-refractivity contribution in [2.24, 2.45) is 5.92 Å². The Bertz CT molecular complexity index is 89.7. The van der Waals surface area contributed by atoms with Crippen LogP contribution in [0, 0.1) is 5.92 Å². The van der Waals surface area contributed by atoms with Gasteiger partial charge in [-0.25, -0.2) is 0 Å². The zero-order chi connectivity index (χ0) is 6.69. The van der Waals surface area contributed by atoms with Crippen molar-refractivity contribution in [2.75, 3.05) is 20.2 Å². The van der Waals surface area contributed by atoms with Crippen molar-refractivity contribution in [1.29, 1.82) is 0 Å². The predicted octanol–water partition coefficient (Wildman–Crippen LogP) is 1.05. The Morgan fingerprint density at radius 1 is 1.50 bits per heavy atom. The second kappa shape index (κ2) is 4.94. The Balaban J connectivity index is 0.000000810. The maximum absolute atomic E-state index is 5.26. The smallest absolute Gasteiger partial charge is 0.0621 e. The third-order valence-electron chi connectivity index (χ3n) is 2.01. The Kier molecular flexibility index (Phi) is 5.04. The largest absolute Gasteiger partial charge is 0.381 e. The first-order valence-corrected chi connectivity index (χ1v) is 3.58. The zero-order valence-electron chi connectivity index (χ0n) is 6.59.